The van der Waals surface area contributed by atoms with E-state index in [0.717, 1.165) is 48.7 Å². The average molecular weight is 425 g/mol. The molecule has 2 N–H and O–H groups in total. The summed E-state index contributed by atoms with van der Waals surface area (Å²) in [5, 5.41) is 11.4. The van der Waals surface area contributed by atoms with Crippen LogP contribution in [0.25, 0.3) is 0 Å². The van der Waals surface area contributed by atoms with Gasteiger partial charge in [-0.15, -0.1) is 0 Å². The first kappa shape index (κ1) is 22.8. The molecule has 7 heteroatoms. The summed E-state index contributed by atoms with van der Waals surface area (Å²) in [6.45, 7) is 11.4. The third-order valence-corrected chi connectivity index (χ3v) is 5.85. The van der Waals surface area contributed by atoms with E-state index in [0.29, 0.717) is 19.5 Å². The molecule has 0 bridgehead atoms. The Labute approximate surface area is 185 Å². The Kier molecular flexibility index (Phi) is 7.71. The second-order valence-corrected chi connectivity index (χ2v) is 8.46. The van der Waals surface area contributed by atoms with Crippen molar-refractivity contribution in [1.82, 2.24) is 25.3 Å². The first-order valence-corrected chi connectivity index (χ1v) is 11.3. The molecule has 0 saturated carbocycles. The zero-order valence-electron chi connectivity index (χ0n) is 19.5. The molecule has 1 atom stereocenters. The van der Waals surface area contributed by atoms with Crippen LogP contribution in [0.15, 0.2) is 29.3 Å². The second-order valence-electron chi connectivity index (χ2n) is 8.46. The Hall–Kier alpha value is -2.83. The van der Waals surface area contributed by atoms with Crippen molar-refractivity contribution in [1.29, 1.82) is 0 Å². The zero-order chi connectivity index (χ0) is 22.4. The largest absolute Gasteiger partial charge is 0.357 e. The minimum absolute atomic E-state index is 0.229. The Balaban J connectivity index is 1.62. The summed E-state index contributed by atoms with van der Waals surface area (Å²) in [5.74, 6) is 1.07. The molecule has 1 amide bonds. The third kappa shape index (κ3) is 6.09. The van der Waals surface area contributed by atoms with E-state index in [-0.39, 0.29) is 11.9 Å². The maximum atomic E-state index is 11.9. The van der Waals surface area contributed by atoms with Crippen molar-refractivity contribution in [2.75, 3.05) is 13.1 Å². The van der Waals surface area contributed by atoms with Crippen molar-refractivity contribution in [3.05, 3.63) is 52.3 Å². The monoisotopic (exact) mass is 424 g/mol. The van der Waals surface area contributed by atoms with Crippen LogP contribution in [0.1, 0.15) is 54.8 Å². The van der Waals surface area contributed by atoms with Crippen LogP contribution in [0, 0.1) is 13.8 Å². The molecule has 0 radical (unpaired) electrons. The molecule has 1 aromatic carbocycles. The number of guanidine groups is 1. The summed E-state index contributed by atoms with van der Waals surface area (Å²) in [4.78, 5) is 18.6. The lowest BCUT2D eigenvalue weighted by Gasteiger charge is -2.18. The van der Waals surface area contributed by atoms with E-state index in [1.165, 1.54) is 11.3 Å². The van der Waals surface area contributed by atoms with Crippen LogP contribution in [-0.2, 0) is 31.4 Å². The van der Waals surface area contributed by atoms with Gasteiger partial charge in [-0.1, -0.05) is 24.3 Å². The molecule has 1 aromatic heterocycles. The minimum Gasteiger partial charge on any atom is -0.357 e. The number of benzene rings is 1. The van der Waals surface area contributed by atoms with Crippen molar-refractivity contribution < 1.29 is 4.79 Å². The molecule has 1 fully saturated rings. The number of amides is 1. The summed E-state index contributed by atoms with van der Waals surface area (Å²) in [6, 6.07) is 8.62. The molecule has 1 aliphatic heterocycles. The number of nitrogens with one attached hydrogen (secondary N) is 2. The van der Waals surface area contributed by atoms with Gasteiger partial charge in [-0.05, 0) is 57.2 Å². The molecule has 2 aromatic rings. The van der Waals surface area contributed by atoms with Crippen molar-refractivity contribution >= 4 is 11.9 Å². The van der Waals surface area contributed by atoms with Gasteiger partial charge in [-0.3, -0.25) is 9.48 Å². The highest BCUT2D eigenvalue weighted by atomic mass is 16.2. The van der Waals surface area contributed by atoms with Crippen LogP contribution in [0.3, 0.4) is 0 Å². The van der Waals surface area contributed by atoms with Crippen LogP contribution < -0.4 is 10.6 Å². The molecule has 31 heavy (non-hydrogen) atoms. The van der Waals surface area contributed by atoms with Gasteiger partial charge in [-0.2, -0.15) is 5.10 Å². The van der Waals surface area contributed by atoms with Crippen LogP contribution in [-0.4, -0.2) is 45.7 Å². The zero-order valence-corrected chi connectivity index (χ0v) is 19.5. The first-order chi connectivity index (χ1) is 14.9. The van der Waals surface area contributed by atoms with Gasteiger partial charge >= 0.3 is 0 Å². The summed E-state index contributed by atoms with van der Waals surface area (Å²) >= 11 is 0. The van der Waals surface area contributed by atoms with Crippen LogP contribution in [0.5, 0.6) is 0 Å². The molecule has 0 spiro atoms. The van der Waals surface area contributed by atoms with Crippen LogP contribution in [0.4, 0.5) is 0 Å². The minimum atomic E-state index is 0.229. The fourth-order valence-corrected chi connectivity index (χ4v) is 4.11. The Morgan fingerprint density at radius 2 is 2.06 bits per heavy atom. The SMILES string of the molecule is CCNC(=NCc1cccc(CN2CCCC2=O)c1)NC(C)Cc1c(C)nn(C)c1C. The molecule has 168 valence electrons. The highest BCUT2D eigenvalue weighted by Gasteiger charge is 2.20. The number of aryl methyl sites for hydroxylation is 2. The Morgan fingerprint density at radius 1 is 1.29 bits per heavy atom. The number of rotatable bonds is 8. The molecule has 7 nitrogen and oxygen atoms in total. The third-order valence-electron chi connectivity index (χ3n) is 5.85. The topological polar surface area (TPSA) is 74.6 Å². The highest BCUT2D eigenvalue weighted by Crippen LogP contribution is 2.16. The van der Waals surface area contributed by atoms with E-state index in [1.807, 2.05) is 16.6 Å². The van der Waals surface area contributed by atoms with Gasteiger partial charge in [-0.25, -0.2) is 4.99 Å². The van der Waals surface area contributed by atoms with Gasteiger partial charge in [0, 0.05) is 44.8 Å². The van der Waals surface area contributed by atoms with Crippen molar-refractivity contribution in [3.63, 3.8) is 0 Å². The molecular weight excluding hydrogens is 388 g/mol. The maximum absolute atomic E-state index is 11.9. The molecule has 1 saturated heterocycles. The van der Waals surface area contributed by atoms with Crippen molar-refractivity contribution in [2.24, 2.45) is 12.0 Å². The first-order valence-electron chi connectivity index (χ1n) is 11.3. The van der Waals surface area contributed by atoms with E-state index in [9.17, 15) is 4.79 Å². The molecule has 2 heterocycles. The van der Waals surface area contributed by atoms with Crippen molar-refractivity contribution in [3.8, 4) is 0 Å². The smallest absolute Gasteiger partial charge is 0.222 e. The number of hydrogen-bond donors (Lipinski definition) is 2. The van der Waals surface area contributed by atoms with Gasteiger partial charge in [0.15, 0.2) is 5.96 Å². The fraction of sp³-hybridized carbons (Fsp3) is 0.542. The van der Waals surface area contributed by atoms with Crippen molar-refractivity contribution in [2.45, 2.75) is 66.1 Å². The van der Waals surface area contributed by atoms with E-state index >= 15 is 0 Å². The van der Waals surface area contributed by atoms with Gasteiger partial charge < -0.3 is 15.5 Å². The summed E-state index contributed by atoms with van der Waals surface area (Å²) in [6.07, 6.45) is 2.55. The number of hydrogen-bond acceptors (Lipinski definition) is 3. The van der Waals surface area contributed by atoms with E-state index < -0.39 is 0 Å². The van der Waals surface area contributed by atoms with Crippen LogP contribution in [0.2, 0.25) is 0 Å². The predicted molar refractivity (Wildman–Crippen MR) is 125 cm³/mol. The second kappa shape index (κ2) is 10.5. The Morgan fingerprint density at radius 3 is 2.71 bits per heavy atom. The molecule has 3 rings (SSSR count). The number of likely N-dealkylation sites (tertiary alicyclic amines) is 1. The lowest BCUT2D eigenvalue weighted by atomic mass is 10.1. The predicted octanol–water partition coefficient (Wildman–Crippen LogP) is 2.85. The lowest BCUT2D eigenvalue weighted by molar-refractivity contribution is -0.128. The lowest BCUT2D eigenvalue weighted by Crippen LogP contribution is -2.43. The average Bonchev–Trinajstić information content (AvgIpc) is 3.24. The summed E-state index contributed by atoms with van der Waals surface area (Å²) in [5.41, 5.74) is 5.90. The normalized spacial score (nSPS) is 15.5. The summed E-state index contributed by atoms with van der Waals surface area (Å²) in [7, 11) is 1.99. The highest BCUT2D eigenvalue weighted by molar-refractivity contribution is 5.80. The number of nitrogens with zero attached hydrogens (tertiary/aromatic N) is 4. The van der Waals surface area contributed by atoms with Gasteiger partial charge in [0.25, 0.3) is 0 Å². The quantitative estimate of drug-likeness (QED) is 0.505. The molecule has 1 aliphatic rings. The molecule has 0 aliphatic carbocycles. The summed E-state index contributed by atoms with van der Waals surface area (Å²) < 4.78 is 1.94. The van der Waals surface area contributed by atoms with Crippen LogP contribution >= 0.6 is 0 Å². The van der Waals surface area contributed by atoms with E-state index in [2.05, 4.69) is 67.7 Å². The standard InChI is InChI=1S/C24H36N6O/c1-6-25-24(27-17(2)13-22-18(3)28-29(5)19(22)4)26-15-20-9-7-10-21(14-20)16-30-12-8-11-23(30)31/h7,9-10,14,17H,6,8,11-13,15-16H2,1-5H3,(H2,25,26,27). The molecular formula is C24H36N6O. The van der Waals surface area contributed by atoms with E-state index in [1.54, 1.807) is 0 Å². The Bertz CT molecular complexity index is 932. The maximum Gasteiger partial charge on any atom is 0.222 e. The number of carbonyl (C=O) groups is 1. The fourth-order valence-electron chi connectivity index (χ4n) is 4.11. The van der Waals surface area contributed by atoms with Gasteiger partial charge in [0.1, 0.15) is 0 Å². The van der Waals surface area contributed by atoms with Gasteiger partial charge in [0.2, 0.25) is 5.91 Å². The van der Waals surface area contributed by atoms with Gasteiger partial charge in [0.05, 0.1) is 12.2 Å². The van der Waals surface area contributed by atoms with E-state index in [4.69, 9.17) is 4.99 Å². The number of carbonyl (C=O) groups excluding carboxylic acids is 1. The number of aliphatic imine (C=N–C) groups is 1. The molecule has 1 unspecified atom stereocenters. The number of aromatic nitrogens is 2.